The number of carbonyl (C=O) groups excluding carboxylic acids is 2. The molecule has 3 aromatic rings. The van der Waals surface area contributed by atoms with Crippen LogP contribution in [0.2, 0.25) is 5.02 Å². The molecule has 0 radical (unpaired) electrons. The van der Waals surface area contributed by atoms with Gasteiger partial charge in [-0.25, -0.2) is 13.2 Å². The van der Waals surface area contributed by atoms with Crippen LogP contribution in [-0.2, 0) is 25.7 Å². The fourth-order valence-electron chi connectivity index (χ4n) is 3.31. The van der Waals surface area contributed by atoms with E-state index in [1.54, 1.807) is 0 Å². The first-order chi connectivity index (χ1) is 17.9. The summed E-state index contributed by atoms with van der Waals surface area (Å²) in [6.45, 7) is -0.119. The van der Waals surface area contributed by atoms with Crippen molar-refractivity contribution in [3.05, 3.63) is 76.8 Å². The number of halogens is 4. The van der Waals surface area contributed by atoms with Gasteiger partial charge >= 0.3 is 12.1 Å². The predicted molar refractivity (Wildman–Crippen MR) is 130 cm³/mol. The van der Waals surface area contributed by atoms with Gasteiger partial charge in [0.05, 0.1) is 21.0 Å². The molecule has 38 heavy (non-hydrogen) atoms. The van der Waals surface area contributed by atoms with Crippen LogP contribution in [0.25, 0.3) is 0 Å². The zero-order chi connectivity index (χ0) is 27.5. The molecule has 3 aromatic carbocycles. The summed E-state index contributed by atoms with van der Waals surface area (Å²) < 4.78 is 82.3. The molecule has 0 bridgehead atoms. The number of hydrogen-bond acceptors (Lipinski definition) is 7. The van der Waals surface area contributed by atoms with Crippen LogP contribution in [0.4, 0.5) is 24.5 Å². The number of rotatable bonds is 7. The number of fused-ring (bicyclic) bond motifs is 1. The summed E-state index contributed by atoms with van der Waals surface area (Å²) in [5.41, 5.74) is -1.15. The van der Waals surface area contributed by atoms with Crippen LogP contribution in [-0.4, -0.2) is 40.1 Å². The van der Waals surface area contributed by atoms with Gasteiger partial charge in [-0.15, -0.1) is 0 Å². The molecule has 0 unspecified atom stereocenters. The summed E-state index contributed by atoms with van der Waals surface area (Å²) in [4.78, 5) is 24.2. The number of nitrogens with one attached hydrogen (secondary N) is 2. The molecule has 200 valence electrons. The minimum absolute atomic E-state index is 0.00549. The number of sulfonamides is 1. The van der Waals surface area contributed by atoms with Crippen molar-refractivity contribution in [3.63, 3.8) is 0 Å². The fraction of sp³-hybridized carbons (Fsp3) is 0.167. The molecular formula is C24H18ClF3N2O7S. The summed E-state index contributed by atoms with van der Waals surface area (Å²) in [5.74, 6) is -1.05. The Labute approximate surface area is 219 Å². The van der Waals surface area contributed by atoms with Crippen LogP contribution in [0, 0.1) is 0 Å². The predicted octanol–water partition coefficient (Wildman–Crippen LogP) is 4.73. The lowest BCUT2D eigenvalue weighted by molar-refractivity contribution is -0.137. The molecule has 0 aliphatic carbocycles. The van der Waals surface area contributed by atoms with Gasteiger partial charge < -0.3 is 19.5 Å². The summed E-state index contributed by atoms with van der Waals surface area (Å²) in [6.07, 6.45) is -4.71. The molecule has 1 aliphatic heterocycles. The van der Waals surface area contributed by atoms with E-state index in [1.807, 2.05) is 0 Å². The number of amides is 1. The molecule has 0 aromatic heterocycles. The third kappa shape index (κ3) is 6.47. The van der Waals surface area contributed by atoms with Crippen molar-refractivity contribution in [2.75, 3.05) is 29.9 Å². The van der Waals surface area contributed by atoms with Crippen molar-refractivity contribution >= 4 is 44.9 Å². The Morgan fingerprint density at radius 2 is 1.58 bits per heavy atom. The van der Waals surface area contributed by atoms with Gasteiger partial charge in [0, 0.05) is 17.4 Å². The highest BCUT2D eigenvalue weighted by atomic mass is 35.5. The van der Waals surface area contributed by atoms with E-state index in [1.165, 1.54) is 48.5 Å². The number of alkyl halides is 3. The molecule has 0 atom stereocenters. The van der Waals surface area contributed by atoms with Crippen LogP contribution < -0.4 is 19.5 Å². The fourth-order valence-corrected chi connectivity index (χ4v) is 4.61. The number of esters is 1. The van der Waals surface area contributed by atoms with Crippen LogP contribution in [0.5, 0.6) is 11.5 Å². The summed E-state index contributed by atoms with van der Waals surface area (Å²) in [7, 11) is -3.98. The molecule has 9 nitrogen and oxygen atoms in total. The zero-order valence-corrected chi connectivity index (χ0v) is 20.7. The van der Waals surface area contributed by atoms with E-state index in [0.717, 1.165) is 6.07 Å². The first kappa shape index (κ1) is 27.1. The summed E-state index contributed by atoms with van der Waals surface area (Å²) >= 11 is 5.54. The topological polar surface area (TPSA) is 120 Å². The number of anilines is 2. The van der Waals surface area contributed by atoms with Gasteiger partial charge in [-0.05, 0) is 54.6 Å². The monoisotopic (exact) mass is 570 g/mol. The van der Waals surface area contributed by atoms with Gasteiger partial charge in [-0.1, -0.05) is 11.6 Å². The molecule has 1 heterocycles. The normalized spacial score (nSPS) is 12.9. The van der Waals surface area contributed by atoms with E-state index in [-0.39, 0.29) is 21.8 Å². The maximum atomic E-state index is 13.0. The van der Waals surface area contributed by atoms with E-state index >= 15 is 0 Å². The average Bonchev–Trinajstić information content (AvgIpc) is 2.87. The molecule has 0 saturated heterocycles. The van der Waals surface area contributed by atoms with E-state index in [0.29, 0.717) is 30.8 Å². The average molecular weight is 571 g/mol. The lowest BCUT2D eigenvalue weighted by atomic mass is 10.2. The van der Waals surface area contributed by atoms with Crippen LogP contribution in [0.1, 0.15) is 15.9 Å². The van der Waals surface area contributed by atoms with Crippen molar-refractivity contribution in [3.8, 4) is 11.5 Å². The Morgan fingerprint density at radius 3 is 2.26 bits per heavy atom. The zero-order valence-electron chi connectivity index (χ0n) is 19.2. The van der Waals surface area contributed by atoms with Gasteiger partial charge in [0.15, 0.2) is 18.1 Å². The van der Waals surface area contributed by atoms with Crippen molar-refractivity contribution in [2.24, 2.45) is 0 Å². The number of carbonyl (C=O) groups is 2. The van der Waals surface area contributed by atoms with Crippen molar-refractivity contribution in [2.45, 2.75) is 11.1 Å². The standard InChI is InChI=1S/C24H18ClF3N2O7S/c25-19-7-5-16(11-18(19)24(26,27)28)29-22(31)13-37-23(32)14-1-3-15(4-2-14)30-38(33,34)17-6-8-20-21(12-17)36-10-9-35-20/h1-8,11-12,30H,9-10,13H2,(H,29,31). The summed E-state index contributed by atoms with van der Waals surface area (Å²) in [5, 5.41) is 1.66. The quantitative estimate of drug-likeness (QED) is 0.394. The smallest absolute Gasteiger partial charge is 0.417 e. The van der Waals surface area contributed by atoms with Gasteiger partial charge in [0.2, 0.25) is 0 Å². The van der Waals surface area contributed by atoms with Crippen LogP contribution in [0.3, 0.4) is 0 Å². The molecule has 1 amide bonds. The maximum absolute atomic E-state index is 13.0. The largest absolute Gasteiger partial charge is 0.486 e. The number of benzene rings is 3. The SMILES string of the molecule is O=C(COC(=O)c1ccc(NS(=O)(=O)c2ccc3c(c2)OCCO3)cc1)Nc1ccc(Cl)c(C(F)(F)F)c1. The van der Waals surface area contributed by atoms with Crippen molar-refractivity contribution in [1.82, 2.24) is 0 Å². The van der Waals surface area contributed by atoms with Crippen LogP contribution >= 0.6 is 11.6 Å². The highest BCUT2D eigenvalue weighted by molar-refractivity contribution is 7.92. The molecule has 14 heteroatoms. The van der Waals surface area contributed by atoms with Gasteiger partial charge in [-0.3, -0.25) is 9.52 Å². The van der Waals surface area contributed by atoms with Gasteiger partial charge in [0.1, 0.15) is 13.2 Å². The Hall–Kier alpha value is -3.97. The summed E-state index contributed by atoms with van der Waals surface area (Å²) in [6, 6.07) is 12.2. The highest BCUT2D eigenvalue weighted by Gasteiger charge is 2.33. The maximum Gasteiger partial charge on any atom is 0.417 e. The van der Waals surface area contributed by atoms with E-state index in [4.69, 9.17) is 25.8 Å². The molecule has 4 rings (SSSR count). The third-order valence-corrected chi connectivity index (χ3v) is 6.80. The minimum atomic E-state index is -4.71. The molecule has 0 fully saturated rings. The van der Waals surface area contributed by atoms with Crippen molar-refractivity contribution in [1.29, 1.82) is 0 Å². The molecule has 2 N–H and O–H groups in total. The third-order valence-electron chi connectivity index (χ3n) is 5.09. The highest BCUT2D eigenvalue weighted by Crippen LogP contribution is 2.36. The Bertz CT molecular complexity index is 1480. The Kier molecular flexibility index (Phi) is 7.69. The molecule has 0 spiro atoms. The van der Waals surface area contributed by atoms with Gasteiger partial charge in [0.25, 0.3) is 15.9 Å². The van der Waals surface area contributed by atoms with Crippen LogP contribution in [0.15, 0.2) is 65.6 Å². The first-order valence-electron chi connectivity index (χ1n) is 10.8. The Balaban J connectivity index is 1.33. The second-order valence-corrected chi connectivity index (χ2v) is 9.89. The molecule has 0 saturated carbocycles. The van der Waals surface area contributed by atoms with E-state index < -0.39 is 45.3 Å². The lowest BCUT2D eigenvalue weighted by Crippen LogP contribution is -2.21. The van der Waals surface area contributed by atoms with Crippen molar-refractivity contribution < 1.29 is 45.4 Å². The van der Waals surface area contributed by atoms with Gasteiger partial charge in [-0.2, -0.15) is 13.2 Å². The second-order valence-electron chi connectivity index (χ2n) is 7.81. The molecule has 1 aliphatic rings. The van der Waals surface area contributed by atoms with E-state index in [2.05, 4.69) is 10.0 Å². The number of ether oxygens (including phenoxy) is 3. The lowest BCUT2D eigenvalue weighted by Gasteiger charge is -2.19. The first-order valence-corrected chi connectivity index (χ1v) is 12.6. The molecular weight excluding hydrogens is 553 g/mol. The minimum Gasteiger partial charge on any atom is -0.486 e. The Morgan fingerprint density at radius 1 is 0.921 bits per heavy atom. The van der Waals surface area contributed by atoms with E-state index in [9.17, 15) is 31.2 Å². The number of hydrogen-bond donors (Lipinski definition) is 2. The second kappa shape index (κ2) is 10.8.